The number of carbonyl (C=O) groups is 2. The van der Waals surface area contributed by atoms with Crippen molar-refractivity contribution in [1.82, 2.24) is 15.5 Å². The van der Waals surface area contributed by atoms with Gasteiger partial charge >= 0.3 is 12.1 Å². The van der Waals surface area contributed by atoms with E-state index in [4.69, 9.17) is 4.74 Å². The van der Waals surface area contributed by atoms with Gasteiger partial charge in [0, 0.05) is 14.1 Å². The molecule has 6 nitrogen and oxygen atoms in total. The lowest BCUT2D eigenvalue weighted by molar-refractivity contribution is 0.138. The highest BCUT2D eigenvalue weighted by molar-refractivity contribution is 5.73. The second-order valence-corrected chi connectivity index (χ2v) is 2.99. The predicted molar refractivity (Wildman–Crippen MR) is 45.4 cm³/mol. The SMILES string of the molecule is CN(C)C(=O)NCC1CNC(=O)O1. The van der Waals surface area contributed by atoms with Crippen molar-refractivity contribution in [1.29, 1.82) is 0 Å². The normalized spacial score (nSPS) is 20.5. The molecule has 0 spiro atoms. The Morgan fingerprint density at radius 1 is 1.77 bits per heavy atom. The molecule has 0 aromatic heterocycles. The Kier molecular flexibility index (Phi) is 2.94. The monoisotopic (exact) mass is 187 g/mol. The number of nitrogens with one attached hydrogen (secondary N) is 2. The van der Waals surface area contributed by atoms with Gasteiger partial charge < -0.3 is 20.3 Å². The van der Waals surface area contributed by atoms with Crippen LogP contribution in [0.4, 0.5) is 9.59 Å². The van der Waals surface area contributed by atoms with Crippen LogP contribution in [0.1, 0.15) is 0 Å². The molecule has 0 aliphatic carbocycles. The van der Waals surface area contributed by atoms with E-state index in [0.29, 0.717) is 13.1 Å². The minimum Gasteiger partial charge on any atom is -0.442 e. The van der Waals surface area contributed by atoms with Crippen LogP contribution in [0.5, 0.6) is 0 Å². The van der Waals surface area contributed by atoms with Gasteiger partial charge in [-0.05, 0) is 0 Å². The van der Waals surface area contributed by atoms with Crippen molar-refractivity contribution < 1.29 is 14.3 Å². The summed E-state index contributed by atoms with van der Waals surface area (Å²) in [5, 5.41) is 5.11. The molecule has 1 aliphatic heterocycles. The third-order valence-corrected chi connectivity index (χ3v) is 1.63. The van der Waals surface area contributed by atoms with E-state index in [0.717, 1.165) is 0 Å². The van der Waals surface area contributed by atoms with Gasteiger partial charge in [0.05, 0.1) is 13.1 Å². The summed E-state index contributed by atoms with van der Waals surface area (Å²) in [5.74, 6) is 0. The smallest absolute Gasteiger partial charge is 0.407 e. The second kappa shape index (κ2) is 3.97. The Hall–Kier alpha value is -1.46. The van der Waals surface area contributed by atoms with Gasteiger partial charge in [0.15, 0.2) is 0 Å². The van der Waals surface area contributed by atoms with E-state index >= 15 is 0 Å². The van der Waals surface area contributed by atoms with Crippen LogP contribution in [0.15, 0.2) is 0 Å². The van der Waals surface area contributed by atoms with E-state index in [1.807, 2.05) is 0 Å². The number of nitrogens with zero attached hydrogens (tertiary/aromatic N) is 1. The van der Waals surface area contributed by atoms with E-state index in [1.165, 1.54) is 4.90 Å². The molecule has 0 aromatic carbocycles. The molecule has 1 atom stereocenters. The summed E-state index contributed by atoms with van der Waals surface area (Å²) in [6.45, 7) is 0.794. The number of amides is 3. The lowest BCUT2D eigenvalue weighted by Crippen LogP contribution is -2.39. The molecule has 2 N–H and O–H groups in total. The van der Waals surface area contributed by atoms with Gasteiger partial charge in [-0.25, -0.2) is 9.59 Å². The van der Waals surface area contributed by atoms with Crippen molar-refractivity contribution in [2.24, 2.45) is 0 Å². The largest absolute Gasteiger partial charge is 0.442 e. The first-order valence-electron chi connectivity index (χ1n) is 3.99. The molecule has 3 amide bonds. The number of urea groups is 1. The molecule has 1 heterocycles. The van der Waals surface area contributed by atoms with Crippen molar-refractivity contribution in [2.45, 2.75) is 6.10 Å². The number of hydrogen-bond donors (Lipinski definition) is 2. The summed E-state index contributed by atoms with van der Waals surface area (Å²) >= 11 is 0. The minimum absolute atomic E-state index is 0.192. The van der Waals surface area contributed by atoms with Crippen molar-refractivity contribution in [2.75, 3.05) is 27.2 Å². The Morgan fingerprint density at radius 2 is 2.46 bits per heavy atom. The molecule has 74 valence electrons. The highest BCUT2D eigenvalue weighted by Gasteiger charge is 2.22. The number of rotatable bonds is 2. The minimum atomic E-state index is -0.427. The van der Waals surface area contributed by atoms with E-state index in [2.05, 4.69) is 10.6 Å². The van der Waals surface area contributed by atoms with Gasteiger partial charge in [-0.15, -0.1) is 0 Å². The van der Waals surface area contributed by atoms with E-state index < -0.39 is 6.09 Å². The zero-order valence-electron chi connectivity index (χ0n) is 7.66. The molecule has 1 saturated heterocycles. The predicted octanol–water partition coefficient (Wildman–Crippen LogP) is -0.634. The molecular formula is C7H13N3O3. The Morgan fingerprint density at radius 3 is 2.92 bits per heavy atom. The highest BCUT2D eigenvalue weighted by atomic mass is 16.6. The van der Waals surface area contributed by atoms with E-state index in [9.17, 15) is 9.59 Å². The molecule has 0 saturated carbocycles. The Labute approximate surface area is 76.2 Å². The van der Waals surface area contributed by atoms with Crippen molar-refractivity contribution in [3.63, 3.8) is 0 Å². The first-order chi connectivity index (χ1) is 6.09. The zero-order valence-corrected chi connectivity index (χ0v) is 7.66. The molecule has 0 bridgehead atoms. The van der Waals surface area contributed by atoms with Crippen LogP contribution in [0.3, 0.4) is 0 Å². The van der Waals surface area contributed by atoms with Crippen LogP contribution >= 0.6 is 0 Å². The van der Waals surface area contributed by atoms with Crippen molar-refractivity contribution >= 4 is 12.1 Å². The van der Waals surface area contributed by atoms with Crippen LogP contribution in [0.2, 0.25) is 0 Å². The van der Waals surface area contributed by atoms with Crippen molar-refractivity contribution in [3.05, 3.63) is 0 Å². The molecule has 13 heavy (non-hydrogen) atoms. The number of carbonyl (C=O) groups excluding carboxylic acids is 2. The number of alkyl carbamates (subject to hydrolysis) is 1. The van der Waals surface area contributed by atoms with Gasteiger partial charge in [-0.1, -0.05) is 0 Å². The van der Waals surface area contributed by atoms with Crippen LogP contribution in [0, 0.1) is 0 Å². The van der Waals surface area contributed by atoms with Gasteiger partial charge in [-0.2, -0.15) is 0 Å². The first kappa shape index (κ1) is 9.63. The maximum absolute atomic E-state index is 11.0. The Balaban J connectivity index is 2.19. The van der Waals surface area contributed by atoms with Gasteiger partial charge in [0.25, 0.3) is 0 Å². The third-order valence-electron chi connectivity index (χ3n) is 1.63. The molecule has 1 unspecified atom stereocenters. The summed E-state index contributed by atoms with van der Waals surface area (Å²) in [4.78, 5) is 23.0. The summed E-state index contributed by atoms with van der Waals surface area (Å²) in [6, 6.07) is -0.192. The molecule has 1 aliphatic rings. The molecule has 0 aromatic rings. The maximum atomic E-state index is 11.0. The zero-order chi connectivity index (χ0) is 9.84. The summed E-state index contributed by atoms with van der Waals surface area (Å²) < 4.78 is 4.81. The average Bonchev–Trinajstić information content (AvgIpc) is 2.47. The molecule has 0 radical (unpaired) electrons. The van der Waals surface area contributed by atoms with Crippen LogP contribution < -0.4 is 10.6 Å². The number of ether oxygens (including phenoxy) is 1. The molecule has 6 heteroatoms. The number of cyclic esters (lactones) is 1. The van der Waals surface area contributed by atoms with Crippen LogP contribution in [-0.4, -0.2) is 50.3 Å². The topological polar surface area (TPSA) is 70.7 Å². The molecule has 1 rings (SSSR count). The fourth-order valence-corrected chi connectivity index (χ4v) is 0.905. The fourth-order valence-electron chi connectivity index (χ4n) is 0.905. The molecule has 1 fully saturated rings. The van der Waals surface area contributed by atoms with Gasteiger partial charge in [0.2, 0.25) is 0 Å². The summed E-state index contributed by atoms with van der Waals surface area (Å²) in [6.07, 6.45) is -0.680. The third kappa shape index (κ3) is 2.81. The summed E-state index contributed by atoms with van der Waals surface area (Å²) in [7, 11) is 3.29. The molecular weight excluding hydrogens is 174 g/mol. The number of hydrogen-bond acceptors (Lipinski definition) is 3. The van der Waals surface area contributed by atoms with E-state index in [1.54, 1.807) is 14.1 Å². The quantitative estimate of drug-likeness (QED) is 0.604. The van der Waals surface area contributed by atoms with E-state index in [-0.39, 0.29) is 12.1 Å². The summed E-state index contributed by atoms with van der Waals surface area (Å²) in [5.41, 5.74) is 0. The Bertz CT molecular complexity index is 217. The maximum Gasteiger partial charge on any atom is 0.407 e. The standard InChI is InChI=1S/C7H13N3O3/c1-10(2)6(11)8-3-5-4-9-7(12)13-5/h5H,3-4H2,1-2H3,(H,8,11)(H,9,12). The van der Waals surface area contributed by atoms with Crippen LogP contribution in [-0.2, 0) is 4.74 Å². The van der Waals surface area contributed by atoms with Gasteiger partial charge in [-0.3, -0.25) is 0 Å². The highest BCUT2D eigenvalue weighted by Crippen LogP contribution is 1.97. The first-order valence-corrected chi connectivity index (χ1v) is 3.99. The van der Waals surface area contributed by atoms with Crippen LogP contribution in [0.25, 0.3) is 0 Å². The van der Waals surface area contributed by atoms with Crippen molar-refractivity contribution in [3.8, 4) is 0 Å². The lowest BCUT2D eigenvalue weighted by Gasteiger charge is -2.13. The van der Waals surface area contributed by atoms with Gasteiger partial charge in [0.1, 0.15) is 6.10 Å². The fraction of sp³-hybridized carbons (Fsp3) is 0.714. The average molecular weight is 187 g/mol. The lowest BCUT2D eigenvalue weighted by atomic mass is 10.3. The second-order valence-electron chi connectivity index (χ2n) is 2.99.